The van der Waals surface area contributed by atoms with Crippen LogP contribution in [-0.4, -0.2) is 27.7 Å². The Balaban J connectivity index is 1.91. The van der Waals surface area contributed by atoms with Crippen LogP contribution in [-0.2, 0) is 13.6 Å². The number of aromatic hydroxyl groups is 1. The summed E-state index contributed by atoms with van der Waals surface area (Å²) >= 11 is 0. The van der Waals surface area contributed by atoms with Gasteiger partial charge < -0.3 is 15.2 Å². The van der Waals surface area contributed by atoms with E-state index in [1.807, 2.05) is 32.0 Å². The normalized spacial score (nSPS) is 10.6. The number of ether oxygens (including phenoxy) is 1. The number of hydrogen-bond acceptors (Lipinski definition) is 5. The molecular formula is C22H23N3O4. The molecule has 0 unspecified atom stereocenters. The van der Waals surface area contributed by atoms with E-state index in [9.17, 15) is 14.7 Å². The molecule has 0 bridgehead atoms. The van der Waals surface area contributed by atoms with Crippen LogP contribution in [0.5, 0.6) is 11.5 Å². The first-order valence-corrected chi connectivity index (χ1v) is 9.10. The van der Waals surface area contributed by atoms with Crippen molar-refractivity contribution in [3.8, 4) is 22.9 Å². The van der Waals surface area contributed by atoms with Gasteiger partial charge in [-0.05, 0) is 54.8 Å². The topological polar surface area (TPSA) is 93.5 Å². The number of aryl methyl sites for hydroxylation is 2. The van der Waals surface area contributed by atoms with E-state index in [1.165, 1.54) is 11.6 Å². The smallest absolute Gasteiger partial charge is 0.296 e. The largest absolute Gasteiger partial charge is 0.501 e. The van der Waals surface area contributed by atoms with Gasteiger partial charge in [0.2, 0.25) is 5.75 Å². The third kappa shape index (κ3) is 4.13. The monoisotopic (exact) mass is 393 g/mol. The minimum atomic E-state index is -0.692. The molecule has 1 aromatic heterocycles. The molecule has 0 fully saturated rings. The van der Waals surface area contributed by atoms with Gasteiger partial charge in [0.05, 0.1) is 7.11 Å². The van der Waals surface area contributed by atoms with Crippen LogP contribution < -0.4 is 15.6 Å². The van der Waals surface area contributed by atoms with Crippen molar-refractivity contribution in [3.63, 3.8) is 0 Å². The van der Waals surface area contributed by atoms with Gasteiger partial charge in [-0.2, -0.15) is 0 Å². The van der Waals surface area contributed by atoms with Crippen molar-refractivity contribution in [2.45, 2.75) is 20.4 Å². The predicted molar refractivity (Wildman–Crippen MR) is 110 cm³/mol. The van der Waals surface area contributed by atoms with Crippen molar-refractivity contribution in [2.24, 2.45) is 7.05 Å². The third-order valence-corrected chi connectivity index (χ3v) is 4.85. The maximum Gasteiger partial charge on any atom is 0.296 e. The van der Waals surface area contributed by atoms with Gasteiger partial charge in [-0.15, -0.1) is 0 Å². The Bertz CT molecular complexity index is 1120. The Morgan fingerprint density at radius 2 is 1.83 bits per heavy atom. The van der Waals surface area contributed by atoms with Crippen molar-refractivity contribution in [2.75, 3.05) is 7.11 Å². The summed E-state index contributed by atoms with van der Waals surface area (Å²) in [4.78, 5) is 29.3. The van der Waals surface area contributed by atoms with E-state index in [4.69, 9.17) is 4.74 Å². The van der Waals surface area contributed by atoms with Crippen molar-refractivity contribution < 1.29 is 14.6 Å². The fourth-order valence-electron chi connectivity index (χ4n) is 2.93. The van der Waals surface area contributed by atoms with Crippen molar-refractivity contribution >= 4 is 5.91 Å². The Morgan fingerprint density at radius 3 is 2.45 bits per heavy atom. The van der Waals surface area contributed by atoms with Crippen LogP contribution in [0.15, 0.2) is 47.3 Å². The van der Waals surface area contributed by atoms with Gasteiger partial charge in [0.15, 0.2) is 5.69 Å². The number of aromatic nitrogens is 2. The highest BCUT2D eigenvalue weighted by molar-refractivity contribution is 5.95. The summed E-state index contributed by atoms with van der Waals surface area (Å²) < 4.78 is 6.34. The second kappa shape index (κ2) is 8.18. The molecule has 3 rings (SSSR count). The van der Waals surface area contributed by atoms with Crippen LogP contribution in [0.1, 0.15) is 27.2 Å². The first kappa shape index (κ1) is 20.1. The van der Waals surface area contributed by atoms with Crippen LogP contribution in [0.25, 0.3) is 11.4 Å². The fraction of sp³-hybridized carbons (Fsp3) is 0.227. The number of hydrogen-bond donors (Lipinski definition) is 2. The lowest BCUT2D eigenvalue weighted by molar-refractivity contribution is 0.0942. The molecule has 1 heterocycles. The van der Waals surface area contributed by atoms with E-state index in [2.05, 4.69) is 10.3 Å². The molecule has 0 aliphatic rings. The number of rotatable bonds is 5. The molecule has 0 spiro atoms. The Kier molecular flexibility index (Phi) is 5.68. The summed E-state index contributed by atoms with van der Waals surface area (Å²) in [6.45, 7) is 4.27. The lowest BCUT2D eigenvalue weighted by Crippen LogP contribution is -2.29. The third-order valence-electron chi connectivity index (χ3n) is 4.85. The standard InChI is InChI=1S/C22H23N3O4/c1-13-5-6-15(11-14(13)2)12-23-21(27)18-19(26)22(28)25(3)20(24-18)16-7-9-17(29-4)10-8-16/h5-11,26H,12H2,1-4H3,(H,23,27). The molecule has 3 aromatic rings. The molecule has 150 valence electrons. The number of nitrogens with zero attached hydrogens (tertiary/aromatic N) is 2. The lowest BCUT2D eigenvalue weighted by atomic mass is 10.1. The van der Waals surface area contributed by atoms with E-state index in [1.54, 1.807) is 31.4 Å². The number of carbonyl (C=O) groups is 1. The van der Waals surface area contributed by atoms with Gasteiger partial charge in [-0.3, -0.25) is 14.2 Å². The summed E-state index contributed by atoms with van der Waals surface area (Å²) in [6, 6.07) is 12.8. The molecule has 7 heteroatoms. The van der Waals surface area contributed by atoms with Crippen LogP contribution in [0.3, 0.4) is 0 Å². The van der Waals surface area contributed by atoms with Crippen molar-refractivity contribution in [1.29, 1.82) is 0 Å². The molecule has 2 aromatic carbocycles. The highest BCUT2D eigenvalue weighted by atomic mass is 16.5. The molecule has 0 saturated carbocycles. The maximum atomic E-state index is 12.6. The molecule has 2 N–H and O–H groups in total. The average Bonchev–Trinajstić information content (AvgIpc) is 2.73. The molecular weight excluding hydrogens is 370 g/mol. The van der Waals surface area contributed by atoms with Gasteiger partial charge in [-0.25, -0.2) is 4.98 Å². The van der Waals surface area contributed by atoms with E-state index >= 15 is 0 Å². The van der Waals surface area contributed by atoms with Gasteiger partial charge in [-0.1, -0.05) is 18.2 Å². The second-order valence-corrected chi connectivity index (χ2v) is 6.83. The molecule has 1 amide bonds. The SMILES string of the molecule is COc1ccc(-c2nc(C(=O)NCc3ccc(C)c(C)c3)c(O)c(=O)n2C)cc1. The molecule has 7 nitrogen and oxygen atoms in total. The van der Waals surface area contributed by atoms with Crippen LogP contribution in [0.4, 0.5) is 0 Å². The lowest BCUT2D eigenvalue weighted by Gasteiger charge is -2.12. The Morgan fingerprint density at radius 1 is 1.14 bits per heavy atom. The first-order valence-electron chi connectivity index (χ1n) is 9.10. The Hall–Kier alpha value is -3.61. The second-order valence-electron chi connectivity index (χ2n) is 6.83. The van der Waals surface area contributed by atoms with Gasteiger partial charge in [0.1, 0.15) is 11.6 Å². The number of benzene rings is 2. The number of amides is 1. The molecule has 0 atom stereocenters. The average molecular weight is 393 g/mol. The first-order chi connectivity index (χ1) is 13.8. The summed E-state index contributed by atoms with van der Waals surface area (Å²) in [5.74, 6) is -0.369. The molecule has 0 radical (unpaired) electrons. The quantitative estimate of drug-likeness (QED) is 0.695. The van der Waals surface area contributed by atoms with E-state index in [0.717, 1.165) is 16.7 Å². The highest BCUT2D eigenvalue weighted by Gasteiger charge is 2.20. The summed E-state index contributed by atoms with van der Waals surface area (Å²) in [7, 11) is 3.05. The van der Waals surface area contributed by atoms with E-state index in [-0.39, 0.29) is 18.1 Å². The molecule has 29 heavy (non-hydrogen) atoms. The van der Waals surface area contributed by atoms with Crippen molar-refractivity contribution in [3.05, 3.63) is 75.2 Å². The summed E-state index contributed by atoms with van der Waals surface area (Å²) in [6.07, 6.45) is 0. The fourth-order valence-corrected chi connectivity index (χ4v) is 2.93. The zero-order chi connectivity index (χ0) is 21.1. The summed E-state index contributed by atoms with van der Waals surface area (Å²) in [5, 5.41) is 12.9. The van der Waals surface area contributed by atoms with Gasteiger partial charge in [0, 0.05) is 19.2 Å². The minimum absolute atomic E-state index is 0.258. The Labute approximate surface area is 168 Å². The summed E-state index contributed by atoms with van der Waals surface area (Å²) in [5.41, 5.74) is 2.82. The maximum absolute atomic E-state index is 12.6. The van der Waals surface area contributed by atoms with Crippen LogP contribution in [0, 0.1) is 13.8 Å². The van der Waals surface area contributed by atoms with Gasteiger partial charge in [0.25, 0.3) is 11.5 Å². The van der Waals surface area contributed by atoms with Crippen LogP contribution in [0.2, 0.25) is 0 Å². The minimum Gasteiger partial charge on any atom is -0.501 e. The molecule has 0 aliphatic heterocycles. The molecule has 0 aliphatic carbocycles. The predicted octanol–water partition coefficient (Wildman–Crippen LogP) is 2.71. The zero-order valence-corrected chi connectivity index (χ0v) is 16.8. The number of carbonyl (C=O) groups excluding carboxylic acids is 1. The van der Waals surface area contributed by atoms with E-state index < -0.39 is 17.2 Å². The van der Waals surface area contributed by atoms with Crippen LogP contribution >= 0.6 is 0 Å². The highest BCUT2D eigenvalue weighted by Crippen LogP contribution is 2.22. The molecule has 0 saturated heterocycles. The van der Waals surface area contributed by atoms with Crippen molar-refractivity contribution in [1.82, 2.24) is 14.9 Å². The number of nitrogens with one attached hydrogen (secondary N) is 1. The van der Waals surface area contributed by atoms with E-state index in [0.29, 0.717) is 11.3 Å². The van der Waals surface area contributed by atoms with Gasteiger partial charge >= 0.3 is 0 Å². The zero-order valence-electron chi connectivity index (χ0n) is 16.8. The number of methoxy groups -OCH3 is 1.